The lowest BCUT2D eigenvalue weighted by atomic mass is 10.2. The lowest BCUT2D eigenvalue weighted by Gasteiger charge is -2.07. The molecule has 0 saturated carbocycles. The minimum atomic E-state index is -0.637. The molecule has 0 fully saturated rings. The molecule has 0 spiro atoms. The van der Waals surface area contributed by atoms with Gasteiger partial charge in [0.05, 0.1) is 5.69 Å². The standard InChI is InChI=1S/C12H10F2N2/c13-8-4-5-12(11(14)6-8)16-10-3-1-2-9(15)7-10/h1-7,16H,15H2. The first kappa shape index (κ1) is 10.4. The van der Waals surface area contributed by atoms with Gasteiger partial charge in [-0.2, -0.15) is 0 Å². The van der Waals surface area contributed by atoms with E-state index in [4.69, 9.17) is 5.73 Å². The summed E-state index contributed by atoms with van der Waals surface area (Å²) in [5.41, 5.74) is 7.03. The Bertz CT molecular complexity index is 512. The first-order valence-electron chi connectivity index (χ1n) is 4.73. The van der Waals surface area contributed by atoms with E-state index in [0.29, 0.717) is 11.4 Å². The number of halogens is 2. The third-order valence-corrected chi connectivity index (χ3v) is 2.10. The SMILES string of the molecule is Nc1cccc(Nc2ccc(F)cc2F)c1. The highest BCUT2D eigenvalue weighted by Gasteiger charge is 2.03. The van der Waals surface area contributed by atoms with E-state index in [1.165, 1.54) is 12.1 Å². The van der Waals surface area contributed by atoms with Crippen LogP contribution in [0.15, 0.2) is 42.5 Å². The number of benzene rings is 2. The summed E-state index contributed by atoms with van der Waals surface area (Å²) in [4.78, 5) is 0. The first-order valence-corrected chi connectivity index (χ1v) is 4.73. The highest BCUT2D eigenvalue weighted by Crippen LogP contribution is 2.21. The van der Waals surface area contributed by atoms with Crippen molar-refractivity contribution >= 4 is 17.1 Å². The molecule has 2 aromatic carbocycles. The number of hydrogen-bond donors (Lipinski definition) is 2. The van der Waals surface area contributed by atoms with Crippen LogP contribution in [-0.2, 0) is 0 Å². The Morgan fingerprint density at radius 1 is 1.00 bits per heavy atom. The second kappa shape index (κ2) is 4.18. The van der Waals surface area contributed by atoms with Gasteiger partial charge in [-0.3, -0.25) is 0 Å². The molecule has 0 unspecified atom stereocenters. The number of anilines is 3. The van der Waals surface area contributed by atoms with Gasteiger partial charge in [-0.1, -0.05) is 6.07 Å². The third-order valence-electron chi connectivity index (χ3n) is 2.10. The molecular weight excluding hydrogens is 210 g/mol. The quantitative estimate of drug-likeness (QED) is 0.762. The summed E-state index contributed by atoms with van der Waals surface area (Å²) in [7, 11) is 0. The fourth-order valence-corrected chi connectivity index (χ4v) is 1.36. The van der Waals surface area contributed by atoms with Crippen LogP contribution in [0.2, 0.25) is 0 Å². The van der Waals surface area contributed by atoms with Crippen LogP contribution in [0, 0.1) is 11.6 Å². The van der Waals surface area contributed by atoms with Gasteiger partial charge in [-0.25, -0.2) is 8.78 Å². The molecule has 0 radical (unpaired) electrons. The minimum Gasteiger partial charge on any atom is -0.399 e. The second-order valence-corrected chi connectivity index (χ2v) is 3.37. The molecule has 0 aliphatic carbocycles. The Labute approximate surface area is 91.7 Å². The van der Waals surface area contributed by atoms with Crippen LogP contribution in [0.4, 0.5) is 25.8 Å². The fourth-order valence-electron chi connectivity index (χ4n) is 1.36. The van der Waals surface area contributed by atoms with Crippen molar-refractivity contribution < 1.29 is 8.78 Å². The van der Waals surface area contributed by atoms with Crippen molar-refractivity contribution in [2.45, 2.75) is 0 Å². The van der Waals surface area contributed by atoms with Gasteiger partial charge in [0.1, 0.15) is 11.6 Å². The highest BCUT2D eigenvalue weighted by atomic mass is 19.1. The average molecular weight is 220 g/mol. The van der Waals surface area contributed by atoms with Crippen molar-refractivity contribution in [2.24, 2.45) is 0 Å². The van der Waals surface area contributed by atoms with Gasteiger partial charge in [-0.15, -0.1) is 0 Å². The maximum atomic E-state index is 13.3. The Morgan fingerprint density at radius 3 is 2.50 bits per heavy atom. The Morgan fingerprint density at radius 2 is 1.81 bits per heavy atom. The molecule has 3 N–H and O–H groups in total. The Kier molecular flexibility index (Phi) is 2.72. The van der Waals surface area contributed by atoms with E-state index < -0.39 is 11.6 Å². The van der Waals surface area contributed by atoms with Gasteiger partial charge in [0.15, 0.2) is 0 Å². The molecule has 2 aromatic rings. The average Bonchev–Trinajstić information content (AvgIpc) is 2.22. The van der Waals surface area contributed by atoms with Crippen LogP contribution in [-0.4, -0.2) is 0 Å². The summed E-state index contributed by atoms with van der Waals surface area (Å²) in [5, 5.41) is 2.82. The van der Waals surface area contributed by atoms with Crippen molar-refractivity contribution in [3.63, 3.8) is 0 Å². The first-order chi connectivity index (χ1) is 7.65. The second-order valence-electron chi connectivity index (χ2n) is 3.37. The van der Waals surface area contributed by atoms with Gasteiger partial charge in [0.25, 0.3) is 0 Å². The van der Waals surface area contributed by atoms with Gasteiger partial charge < -0.3 is 11.1 Å². The maximum absolute atomic E-state index is 13.3. The van der Waals surface area contributed by atoms with E-state index >= 15 is 0 Å². The zero-order chi connectivity index (χ0) is 11.5. The van der Waals surface area contributed by atoms with E-state index in [-0.39, 0.29) is 5.69 Å². The van der Waals surface area contributed by atoms with Crippen LogP contribution in [0.5, 0.6) is 0 Å². The summed E-state index contributed by atoms with van der Waals surface area (Å²) < 4.78 is 26.0. The summed E-state index contributed by atoms with van der Waals surface area (Å²) in [5.74, 6) is -1.24. The topological polar surface area (TPSA) is 38.0 Å². The summed E-state index contributed by atoms with van der Waals surface area (Å²) in [6, 6.07) is 10.3. The highest BCUT2D eigenvalue weighted by molar-refractivity contribution is 5.63. The van der Waals surface area contributed by atoms with E-state index in [2.05, 4.69) is 5.32 Å². The largest absolute Gasteiger partial charge is 0.399 e. The molecule has 0 aromatic heterocycles. The predicted octanol–water partition coefficient (Wildman–Crippen LogP) is 3.29. The molecule has 0 aliphatic heterocycles. The van der Waals surface area contributed by atoms with Gasteiger partial charge >= 0.3 is 0 Å². The van der Waals surface area contributed by atoms with Crippen LogP contribution >= 0.6 is 0 Å². The third kappa shape index (κ3) is 2.28. The molecule has 0 saturated heterocycles. The van der Waals surface area contributed by atoms with E-state index in [1.807, 2.05) is 0 Å². The minimum absolute atomic E-state index is 0.215. The molecule has 0 amide bonds. The Hall–Kier alpha value is -2.10. The number of nitrogens with two attached hydrogens (primary N) is 1. The lowest BCUT2D eigenvalue weighted by Crippen LogP contribution is -1.95. The molecule has 0 aliphatic rings. The number of rotatable bonds is 2. The molecule has 4 heteroatoms. The summed E-state index contributed by atoms with van der Waals surface area (Å²) in [6.07, 6.45) is 0. The summed E-state index contributed by atoms with van der Waals surface area (Å²) in [6.45, 7) is 0. The molecular formula is C12H10F2N2. The molecule has 0 heterocycles. The van der Waals surface area contributed by atoms with E-state index in [1.54, 1.807) is 24.3 Å². The van der Waals surface area contributed by atoms with Crippen LogP contribution in [0.1, 0.15) is 0 Å². The number of nitrogen functional groups attached to an aromatic ring is 1. The lowest BCUT2D eigenvalue weighted by molar-refractivity contribution is 0.586. The zero-order valence-electron chi connectivity index (χ0n) is 8.37. The van der Waals surface area contributed by atoms with Gasteiger partial charge in [-0.05, 0) is 30.3 Å². The van der Waals surface area contributed by atoms with Crippen molar-refractivity contribution in [3.8, 4) is 0 Å². The Balaban J connectivity index is 2.27. The van der Waals surface area contributed by atoms with Crippen LogP contribution < -0.4 is 11.1 Å². The molecule has 2 nitrogen and oxygen atoms in total. The van der Waals surface area contributed by atoms with E-state index in [9.17, 15) is 8.78 Å². The van der Waals surface area contributed by atoms with Crippen molar-refractivity contribution in [1.29, 1.82) is 0 Å². The zero-order valence-corrected chi connectivity index (χ0v) is 8.37. The van der Waals surface area contributed by atoms with Gasteiger partial charge in [0, 0.05) is 17.4 Å². The molecule has 0 atom stereocenters. The van der Waals surface area contributed by atoms with Crippen LogP contribution in [0.25, 0.3) is 0 Å². The number of nitrogens with one attached hydrogen (secondary N) is 1. The van der Waals surface area contributed by atoms with Crippen molar-refractivity contribution in [2.75, 3.05) is 11.1 Å². The monoisotopic (exact) mass is 220 g/mol. The fraction of sp³-hybridized carbons (Fsp3) is 0. The van der Waals surface area contributed by atoms with Crippen molar-refractivity contribution in [3.05, 3.63) is 54.1 Å². The van der Waals surface area contributed by atoms with Crippen molar-refractivity contribution in [1.82, 2.24) is 0 Å². The maximum Gasteiger partial charge on any atom is 0.149 e. The van der Waals surface area contributed by atoms with Gasteiger partial charge in [0.2, 0.25) is 0 Å². The molecule has 82 valence electrons. The summed E-state index contributed by atoms with van der Waals surface area (Å²) >= 11 is 0. The van der Waals surface area contributed by atoms with Crippen LogP contribution in [0.3, 0.4) is 0 Å². The molecule has 2 rings (SSSR count). The van der Waals surface area contributed by atoms with E-state index in [0.717, 1.165) is 6.07 Å². The number of hydrogen-bond acceptors (Lipinski definition) is 2. The normalized spacial score (nSPS) is 10.1. The molecule has 0 bridgehead atoms. The predicted molar refractivity (Wildman–Crippen MR) is 60.5 cm³/mol. The smallest absolute Gasteiger partial charge is 0.149 e. The molecule has 16 heavy (non-hydrogen) atoms.